The van der Waals surface area contributed by atoms with Crippen LogP contribution in [0.3, 0.4) is 0 Å². The third-order valence-corrected chi connectivity index (χ3v) is 4.96. The van der Waals surface area contributed by atoms with E-state index in [9.17, 15) is 8.78 Å². The maximum absolute atomic E-state index is 13.5. The van der Waals surface area contributed by atoms with Gasteiger partial charge in [-0.1, -0.05) is 0 Å². The summed E-state index contributed by atoms with van der Waals surface area (Å²) in [6.07, 6.45) is 4.89. The average Bonchev–Trinajstić information content (AvgIpc) is 3.40. The number of benzene rings is 2. The van der Waals surface area contributed by atoms with E-state index in [0.29, 0.717) is 31.4 Å². The van der Waals surface area contributed by atoms with E-state index in [1.165, 1.54) is 18.2 Å². The normalized spacial score (nSPS) is 11.4. The minimum Gasteiger partial charge on any atom is -0.444 e. The van der Waals surface area contributed by atoms with Crippen molar-refractivity contribution in [3.63, 3.8) is 0 Å². The quantitative estimate of drug-likeness (QED) is 0.177. The molecule has 2 aromatic carbocycles. The molecular weight excluding hydrogens is 527 g/mol. The van der Waals surface area contributed by atoms with Crippen LogP contribution in [0, 0.1) is 11.6 Å². The number of nitrogens with one attached hydrogen (secondary N) is 3. The van der Waals surface area contributed by atoms with E-state index >= 15 is 0 Å². The summed E-state index contributed by atoms with van der Waals surface area (Å²) in [5, 5.41) is 7.40. The van der Waals surface area contributed by atoms with Crippen LogP contribution < -0.4 is 10.6 Å². The number of aromatic nitrogens is 2. The van der Waals surface area contributed by atoms with Crippen LogP contribution in [0.5, 0.6) is 0 Å². The van der Waals surface area contributed by atoms with Gasteiger partial charge in [0, 0.05) is 49.2 Å². The first-order chi connectivity index (χ1) is 15.1. The summed E-state index contributed by atoms with van der Waals surface area (Å²) in [5.41, 5.74) is 3.50. The van der Waals surface area contributed by atoms with Crippen molar-refractivity contribution >= 4 is 40.8 Å². The van der Waals surface area contributed by atoms with Gasteiger partial charge in [0.2, 0.25) is 5.89 Å². The van der Waals surface area contributed by atoms with Crippen molar-refractivity contribution in [2.75, 3.05) is 20.1 Å². The van der Waals surface area contributed by atoms with E-state index in [2.05, 4.69) is 25.6 Å². The number of halogens is 3. The highest BCUT2D eigenvalue weighted by molar-refractivity contribution is 14.0. The van der Waals surface area contributed by atoms with E-state index in [0.717, 1.165) is 34.1 Å². The molecule has 0 amide bonds. The van der Waals surface area contributed by atoms with Crippen molar-refractivity contribution < 1.29 is 13.2 Å². The lowest BCUT2D eigenvalue weighted by molar-refractivity contribution is 0.571. The molecule has 0 aliphatic rings. The Morgan fingerprint density at radius 2 is 1.75 bits per heavy atom. The predicted molar refractivity (Wildman–Crippen MR) is 132 cm³/mol. The number of H-pyrrole nitrogens is 1. The Morgan fingerprint density at radius 3 is 2.50 bits per heavy atom. The van der Waals surface area contributed by atoms with Gasteiger partial charge in [0.25, 0.3) is 0 Å². The summed E-state index contributed by atoms with van der Waals surface area (Å²) < 4.78 is 32.0. The molecule has 6 nitrogen and oxygen atoms in total. The highest BCUT2D eigenvalue weighted by Crippen LogP contribution is 2.20. The van der Waals surface area contributed by atoms with Crippen molar-refractivity contribution in [2.45, 2.75) is 12.8 Å². The predicted octanol–water partition coefficient (Wildman–Crippen LogP) is 4.67. The lowest BCUT2D eigenvalue weighted by atomic mass is 10.1. The minimum atomic E-state index is -0.296. The van der Waals surface area contributed by atoms with E-state index in [1.54, 1.807) is 37.6 Å². The summed E-state index contributed by atoms with van der Waals surface area (Å²) in [6, 6.07) is 10.8. The summed E-state index contributed by atoms with van der Waals surface area (Å²) >= 11 is 0. The van der Waals surface area contributed by atoms with Crippen LogP contribution in [-0.4, -0.2) is 36.1 Å². The van der Waals surface area contributed by atoms with Gasteiger partial charge in [-0.05, 0) is 54.4 Å². The van der Waals surface area contributed by atoms with E-state index in [1.807, 2.05) is 6.20 Å². The van der Waals surface area contributed by atoms with Crippen LogP contribution in [0.2, 0.25) is 0 Å². The Bertz CT molecular complexity index is 1190. The van der Waals surface area contributed by atoms with E-state index < -0.39 is 0 Å². The number of hydrogen-bond donors (Lipinski definition) is 3. The molecule has 4 aromatic rings. The van der Waals surface area contributed by atoms with Gasteiger partial charge in [0.1, 0.15) is 17.9 Å². The SMILES string of the molecule is CN=C(NCCc1coc(-c2ccc(F)cc2)n1)NCCc1c[nH]c2ccc(F)cc12.I. The van der Waals surface area contributed by atoms with Crippen molar-refractivity contribution in [1.82, 2.24) is 20.6 Å². The Labute approximate surface area is 201 Å². The van der Waals surface area contributed by atoms with Gasteiger partial charge in [0.05, 0.1) is 5.69 Å². The van der Waals surface area contributed by atoms with Gasteiger partial charge in [0.15, 0.2) is 5.96 Å². The number of hydrogen-bond acceptors (Lipinski definition) is 3. The van der Waals surface area contributed by atoms with Crippen LogP contribution >= 0.6 is 24.0 Å². The Kier molecular flexibility index (Phi) is 8.20. The number of guanidine groups is 1. The fraction of sp³-hybridized carbons (Fsp3) is 0.217. The first-order valence-electron chi connectivity index (χ1n) is 10.0. The molecule has 0 aliphatic carbocycles. The molecule has 9 heteroatoms. The van der Waals surface area contributed by atoms with Gasteiger partial charge < -0.3 is 20.0 Å². The minimum absolute atomic E-state index is 0. The second-order valence-corrected chi connectivity index (χ2v) is 7.08. The van der Waals surface area contributed by atoms with E-state index in [-0.39, 0.29) is 35.6 Å². The zero-order valence-corrected chi connectivity index (χ0v) is 19.8. The zero-order chi connectivity index (χ0) is 21.6. The highest BCUT2D eigenvalue weighted by atomic mass is 127. The van der Waals surface area contributed by atoms with Gasteiger partial charge in [-0.25, -0.2) is 13.8 Å². The lowest BCUT2D eigenvalue weighted by Gasteiger charge is -2.11. The molecule has 0 unspecified atom stereocenters. The molecule has 32 heavy (non-hydrogen) atoms. The molecule has 0 fully saturated rings. The fourth-order valence-corrected chi connectivity index (χ4v) is 3.35. The molecule has 168 valence electrons. The van der Waals surface area contributed by atoms with Gasteiger partial charge in [-0.15, -0.1) is 24.0 Å². The van der Waals surface area contributed by atoms with E-state index in [4.69, 9.17) is 4.42 Å². The number of rotatable bonds is 7. The maximum Gasteiger partial charge on any atom is 0.226 e. The molecule has 3 N–H and O–H groups in total. The van der Waals surface area contributed by atoms with Crippen LogP contribution in [0.4, 0.5) is 8.78 Å². The zero-order valence-electron chi connectivity index (χ0n) is 17.5. The maximum atomic E-state index is 13.5. The molecule has 0 saturated heterocycles. The van der Waals surface area contributed by atoms with Crippen LogP contribution in [-0.2, 0) is 12.8 Å². The molecule has 0 atom stereocenters. The average molecular weight is 551 g/mol. The highest BCUT2D eigenvalue weighted by Gasteiger charge is 2.08. The number of nitrogens with zero attached hydrogens (tertiary/aromatic N) is 2. The van der Waals surface area contributed by atoms with Crippen molar-refractivity contribution in [3.8, 4) is 11.5 Å². The fourth-order valence-electron chi connectivity index (χ4n) is 3.35. The summed E-state index contributed by atoms with van der Waals surface area (Å²) in [5.74, 6) is 0.602. The Balaban J connectivity index is 0.00000289. The standard InChI is InChI=1S/C23H23F2N5O.HI/c1-26-23(27-10-8-16-13-29-21-7-6-18(25)12-20(16)21)28-11-9-19-14-31-22(30-19)15-2-4-17(24)5-3-15;/h2-7,12-14,29H,8-11H2,1H3,(H2,26,27,28);1H. The molecule has 0 aliphatic heterocycles. The first-order valence-corrected chi connectivity index (χ1v) is 10.0. The van der Waals surface area contributed by atoms with Crippen molar-refractivity contribution in [1.29, 1.82) is 0 Å². The number of fused-ring (bicyclic) bond motifs is 1. The Hall–Kier alpha value is -2.95. The van der Waals surface area contributed by atoms with Crippen molar-refractivity contribution in [3.05, 3.63) is 77.8 Å². The molecule has 0 spiro atoms. The third-order valence-electron chi connectivity index (χ3n) is 4.96. The number of oxazole rings is 1. The summed E-state index contributed by atoms with van der Waals surface area (Å²) in [6.45, 7) is 1.27. The molecule has 2 aromatic heterocycles. The second-order valence-electron chi connectivity index (χ2n) is 7.08. The second kappa shape index (κ2) is 11.1. The topological polar surface area (TPSA) is 78.2 Å². The van der Waals surface area contributed by atoms with Crippen molar-refractivity contribution in [2.24, 2.45) is 4.99 Å². The summed E-state index contributed by atoms with van der Waals surface area (Å²) in [4.78, 5) is 11.8. The van der Waals surface area contributed by atoms with Gasteiger partial charge in [-0.3, -0.25) is 4.99 Å². The monoisotopic (exact) mass is 551 g/mol. The molecule has 2 heterocycles. The molecule has 0 radical (unpaired) electrons. The molecule has 0 bridgehead atoms. The summed E-state index contributed by atoms with van der Waals surface area (Å²) in [7, 11) is 1.71. The Morgan fingerprint density at radius 1 is 1.03 bits per heavy atom. The molecule has 4 rings (SSSR count). The lowest BCUT2D eigenvalue weighted by Crippen LogP contribution is -2.39. The largest absolute Gasteiger partial charge is 0.444 e. The number of aliphatic imine (C=N–C) groups is 1. The van der Waals surface area contributed by atoms with Crippen LogP contribution in [0.15, 0.2) is 64.3 Å². The van der Waals surface area contributed by atoms with Gasteiger partial charge in [-0.2, -0.15) is 0 Å². The number of aromatic amines is 1. The molecular formula is C23H24F2IN5O. The molecule has 0 saturated carbocycles. The first kappa shape index (κ1) is 23.7. The van der Waals surface area contributed by atoms with Gasteiger partial charge >= 0.3 is 0 Å². The van der Waals surface area contributed by atoms with Crippen LogP contribution in [0.25, 0.3) is 22.4 Å². The smallest absolute Gasteiger partial charge is 0.226 e. The third kappa shape index (κ3) is 5.84. The van der Waals surface area contributed by atoms with Crippen LogP contribution in [0.1, 0.15) is 11.3 Å².